The summed E-state index contributed by atoms with van der Waals surface area (Å²) in [6.07, 6.45) is 3.81. The molecule has 0 fully saturated rings. The summed E-state index contributed by atoms with van der Waals surface area (Å²) in [4.78, 5) is 0. The topological polar surface area (TPSA) is 21.3 Å². The second-order valence-electron chi connectivity index (χ2n) is 4.23. The first-order chi connectivity index (χ1) is 8.26. The molecule has 2 nitrogen and oxygen atoms in total. The number of hydrogen-bond donors (Lipinski definition) is 1. The minimum atomic E-state index is 0.521. The molecule has 0 aliphatic rings. The van der Waals surface area contributed by atoms with Crippen LogP contribution in [-0.4, -0.2) is 19.2 Å². The highest BCUT2D eigenvalue weighted by molar-refractivity contribution is 5.27. The Hall–Kier alpha value is -1.28. The van der Waals surface area contributed by atoms with Crippen molar-refractivity contribution in [3.05, 3.63) is 42.5 Å². The van der Waals surface area contributed by atoms with Crippen molar-refractivity contribution in [1.29, 1.82) is 0 Å². The maximum atomic E-state index is 5.57. The van der Waals surface area contributed by atoms with Gasteiger partial charge in [-0.3, -0.25) is 0 Å². The normalized spacial score (nSPS) is 12.1. The van der Waals surface area contributed by atoms with Crippen LogP contribution in [0.1, 0.15) is 25.8 Å². The van der Waals surface area contributed by atoms with E-state index in [9.17, 15) is 0 Å². The van der Waals surface area contributed by atoms with Crippen molar-refractivity contribution in [3.8, 4) is 5.75 Å². The van der Waals surface area contributed by atoms with Gasteiger partial charge in [0.05, 0.1) is 6.61 Å². The molecule has 0 radical (unpaired) electrons. The molecule has 1 aromatic rings. The lowest BCUT2D eigenvalue weighted by Gasteiger charge is -2.12. The predicted octanol–water partition coefficient (Wildman–Crippen LogP) is 3.18. The summed E-state index contributed by atoms with van der Waals surface area (Å²) in [7, 11) is 0. The van der Waals surface area contributed by atoms with Gasteiger partial charge in [-0.15, -0.1) is 6.58 Å². The van der Waals surface area contributed by atoms with Crippen molar-refractivity contribution < 1.29 is 4.74 Å². The summed E-state index contributed by atoms with van der Waals surface area (Å²) in [6, 6.07) is 8.87. The van der Waals surface area contributed by atoms with Crippen LogP contribution in [0.5, 0.6) is 5.75 Å². The quantitative estimate of drug-likeness (QED) is 0.550. The van der Waals surface area contributed by atoms with Crippen LogP contribution in [0.25, 0.3) is 0 Å². The van der Waals surface area contributed by atoms with Crippen LogP contribution in [0, 0.1) is 0 Å². The average Bonchev–Trinajstić information content (AvgIpc) is 2.32. The standard InChI is InChI=1S/C15H23NO/c1-4-6-11-17-15-9-7-14(8-10-15)12-13(3)16-5-2/h4,7-10,13,16H,1,5-6,11-12H2,2-3H3. The SMILES string of the molecule is C=CCCOc1ccc(CC(C)NCC)cc1. The van der Waals surface area contributed by atoms with Gasteiger partial charge in [-0.25, -0.2) is 0 Å². The molecule has 1 unspecified atom stereocenters. The summed E-state index contributed by atoms with van der Waals surface area (Å²) in [5.74, 6) is 0.937. The number of benzene rings is 1. The molecular weight excluding hydrogens is 210 g/mol. The van der Waals surface area contributed by atoms with Crippen molar-refractivity contribution in [1.82, 2.24) is 5.32 Å². The minimum absolute atomic E-state index is 0.521. The number of hydrogen-bond acceptors (Lipinski definition) is 2. The zero-order chi connectivity index (χ0) is 12.5. The second-order valence-corrected chi connectivity index (χ2v) is 4.23. The zero-order valence-electron chi connectivity index (χ0n) is 10.9. The molecule has 0 saturated carbocycles. The van der Waals surface area contributed by atoms with E-state index in [0.29, 0.717) is 12.6 Å². The Balaban J connectivity index is 2.41. The van der Waals surface area contributed by atoms with Crippen molar-refractivity contribution >= 4 is 0 Å². The van der Waals surface area contributed by atoms with Gasteiger partial charge in [0, 0.05) is 6.04 Å². The Bertz CT molecular complexity index is 318. The van der Waals surface area contributed by atoms with Gasteiger partial charge in [-0.2, -0.15) is 0 Å². The third-order valence-corrected chi connectivity index (χ3v) is 2.61. The minimum Gasteiger partial charge on any atom is -0.493 e. The molecule has 0 aliphatic heterocycles. The molecule has 2 heteroatoms. The van der Waals surface area contributed by atoms with Crippen molar-refractivity contribution in [2.75, 3.05) is 13.2 Å². The lowest BCUT2D eigenvalue weighted by molar-refractivity contribution is 0.325. The Labute approximate surface area is 105 Å². The highest BCUT2D eigenvalue weighted by Crippen LogP contribution is 2.13. The molecule has 0 aliphatic carbocycles. The summed E-state index contributed by atoms with van der Waals surface area (Å²) in [5, 5.41) is 3.41. The Morgan fingerprint density at radius 3 is 2.65 bits per heavy atom. The maximum absolute atomic E-state index is 5.57. The van der Waals surface area contributed by atoms with Gasteiger partial charge in [0.15, 0.2) is 0 Å². The summed E-state index contributed by atoms with van der Waals surface area (Å²) in [6.45, 7) is 9.73. The van der Waals surface area contributed by atoms with Crippen LogP contribution in [0.3, 0.4) is 0 Å². The Morgan fingerprint density at radius 2 is 2.06 bits per heavy atom. The van der Waals surface area contributed by atoms with Crippen LogP contribution < -0.4 is 10.1 Å². The molecule has 1 rings (SSSR count). The number of likely N-dealkylation sites (N-methyl/N-ethyl adjacent to an activating group) is 1. The first kappa shape index (κ1) is 13.8. The Kier molecular flexibility index (Phi) is 6.41. The van der Waals surface area contributed by atoms with Gasteiger partial charge < -0.3 is 10.1 Å². The molecule has 0 spiro atoms. The van der Waals surface area contributed by atoms with Gasteiger partial charge >= 0.3 is 0 Å². The van der Waals surface area contributed by atoms with E-state index < -0.39 is 0 Å². The molecule has 0 amide bonds. The fourth-order valence-corrected chi connectivity index (χ4v) is 1.76. The van der Waals surface area contributed by atoms with Crippen LogP contribution >= 0.6 is 0 Å². The number of nitrogens with one attached hydrogen (secondary N) is 1. The van der Waals surface area contributed by atoms with Gasteiger partial charge in [-0.05, 0) is 44.0 Å². The van der Waals surface area contributed by atoms with Crippen LogP contribution in [0.4, 0.5) is 0 Å². The molecule has 0 bridgehead atoms. The lowest BCUT2D eigenvalue weighted by atomic mass is 10.1. The summed E-state index contributed by atoms with van der Waals surface area (Å²) in [5.41, 5.74) is 1.34. The van der Waals surface area contributed by atoms with Crippen molar-refractivity contribution in [2.45, 2.75) is 32.7 Å². The van der Waals surface area contributed by atoms with E-state index in [1.54, 1.807) is 0 Å². The summed E-state index contributed by atoms with van der Waals surface area (Å²) >= 11 is 0. The molecule has 0 aromatic heterocycles. The average molecular weight is 233 g/mol. The largest absolute Gasteiger partial charge is 0.493 e. The monoisotopic (exact) mass is 233 g/mol. The van der Waals surface area contributed by atoms with E-state index in [-0.39, 0.29) is 0 Å². The molecule has 1 N–H and O–H groups in total. The highest BCUT2D eigenvalue weighted by atomic mass is 16.5. The van der Waals surface area contributed by atoms with Crippen molar-refractivity contribution in [3.63, 3.8) is 0 Å². The highest BCUT2D eigenvalue weighted by Gasteiger charge is 2.01. The number of ether oxygens (including phenoxy) is 1. The molecule has 1 aromatic carbocycles. The molecule has 0 saturated heterocycles. The molecule has 1 atom stereocenters. The van der Waals surface area contributed by atoms with E-state index in [1.165, 1.54) is 5.56 Å². The number of rotatable bonds is 8. The van der Waals surface area contributed by atoms with E-state index in [1.807, 2.05) is 18.2 Å². The lowest BCUT2D eigenvalue weighted by Crippen LogP contribution is -2.27. The first-order valence-corrected chi connectivity index (χ1v) is 6.32. The van der Waals surface area contributed by atoms with E-state index in [0.717, 1.165) is 25.1 Å². The third-order valence-electron chi connectivity index (χ3n) is 2.61. The first-order valence-electron chi connectivity index (χ1n) is 6.32. The van der Waals surface area contributed by atoms with E-state index in [4.69, 9.17) is 4.74 Å². The molecule has 94 valence electrons. The van der Waals surface area contributed by atoms with Gasteiger partial charge in [0.25, 0.3) is 0 Å². The predicted molar refractivity (Wildman–Crippen MR) is 73.6 cm³/mol. The van der Waals surface area contributed by atoms with Gasteiger partial charge in [0.1, 0.15) is 5.75 Å². The smallest absolute Gasteiger partial charge is 0.119 e. The molecular formula is C15H23NO. The maximum Gasteiger partial charge on any atom is 0.119 e. The fourth-order valence-electron chi connectivity index (χ4n) is 1.76. The van der Waals surface area contributed by atoms with Gasteiger partial charge in [0.2, 0.25) is 0 Å². The molecule has 0 heterocycles. The second kappa shape index (κ2) is 7.91. The fraction of sp³-hybridized carbons (Fsp3) is 0.467. The van der Waals surface area contributed by atoms with Crippen LogP contribution in [-0.2, 0) is 6.42 Å². The third kappa shape index (κ3) is 5.55. The van der Waals surface area contributed by atoms with Crippen molar-refractivity contribution in [2.24, 2.45) is 0 Å². The van der Waals surface area contributed by atoms with Crippen LogP contribution in [0.2, 0.25) is 0 Å². The zero-order valence-corrected chi connectivity index (χ0v) is 10.9. The van der Waals surface area contributed by atoms with E-state index >= 15 is 0 Å². The molecule has 17 heavy (non-hydrogen) atoms. The summed E-state index contributed by atoms with van der Waals surface area (Å²) < 4.78 is 5.57. The van der Waals surface area contributed by atoms with Gasteiger partial charge in [-0.1, -0.05) is 25.1 Å². The van der Waals surface area contributed by atoms with Crippen LogP contribution in [0.15, 0.2) is 36.9 Å². The van der Waals surface area contributed by atoms with E-state index in [2.05, 4.69) is 37.9 Å². The Morgan fingerprint density at radius 1 is 1.35 bits per heavy atom.